The van der Waals surface area contributed by atoms with Crippen molar-refractivity contribution < 1.29 is 24.2 Å². The summed E-state index contributed by atoms with van der Waals surface area (Å²) in [5.41, 5.74) is 7.28. The number of hydrogen-bond acceptors (Lipinski definition) is 6. The molecule has 0 aromatic heterocycles. The van der Waals surface area contributed by atoms with Gasteiger partial charge in [-0.25, -0.2) is 0 Å². The first-order valence-electron chi connectivity index (χ1n) is 12.8. The van der Waals surface area contributed by atoms with Gasteiger partial charge in [-0.05, 0) is 29.7 Å². The molecule has 3 amide bonds. The van der Waals surface area contributed by atoms with Crippen molar-refractivity contribution in [3.8, 4) is 5.75 Å². The predicted octanol–water partition coefficient (Wildman–Crippen LogP) is 1.33. The molecular weight excluding hydrogens is 472 g/mol. The Bertz CT molecular complexity index is 1010. The number of β-amino-alcohol motifs (C(OH)–C–C–N with tert-alkyl or cyclic N) is 1. The van der Waals surface area contributed by atoms with Gasteiger partial charge < -0.3 is 25.8 Å². The molecule has 2 unspecified atom stereocenters. The Labute approximate surface area is 218 Å². The molecule has 200 valence electrons. The van der Waals surface area contributed by atoms with Gasteiger partial charge in [-0.2, -0.15) is 0 Å². The van der Waals surface area contributed by atoms with Crippen LogP contribution in [0, 0.1) is 5.92 Å². The van der Waals surface area contributed by atoms with Crippen molar-refractivity contribution in [1.82, 2.24) is 15.1 Å². The average molecular weight is 511 g/mol. The molecule has 1 heterocycles. The van der Waals surface area contributed by atoms with Crippen LogP contribution in [-0.4, -0.2) is 78.0 Å². The van der Waals surface area contributed by atoms with Crippen LogP contribution >= 0.6 is 0 Å². The Morgan fingerprint density at radius 1 is 1.00 bits per heavy atom. The quantitative estimate of drug-likeness (QED) is 0.373. The van der Waals surface area contributed by atoms with E-state index >= 15 is 0 Å². The molecule has 0 saturated carbocycles. The van der Waals surface area contributed by atoms with Crippen LogP contribution in [-0.2, 0) is 27.4 Å². The lowest BCUT2D eigenvalue weighted by Crippen LogP contribution is -2.55. The molecule has 37 heavy (non-hydrogen) atoms. The third-order valence-corrected chi connectivity index (χ3v) is 6.64. The zero-order valence-electron chi connectivity index (χ0n) is 21.5. The van der Waals surface area contributed by atoms with Gasteiger partial charge >= 0.3 is 0 Å². The topological polar surface area (TPSA) is 125 Å². The maximum Gasteiger partial charge on any atom is 0.245 e. The zero-order valence-corrected chi connectivity index (χ0v) is 21.5. The molecule has 0 aliphatic carbocycles. The Balaban J connectivity index is 1.62. The SMILES string of the molecule is CC(CCC(=O)NC(Cc1ccc(OCc2ccccc2)cc1)C(=O)N1CCN(CCO)CC1)C(N)=O. The largest absolute Gasteiger partial charge is 0.489 e. The molecule has 9 heteroatoms. The Hall–Kier alpha value is -3.43. The van der Waals surface area contributed by atoms with E-state index in [-0.39, 0.29) is 24.8 Å². The van der Waals surface area contributed by atoms with Crippen molar-refractivity contribution >= 4 is 17.7 Å². The minimum absolute atomic E-state index is 0.0847. The van der Waals surface area contributed by atoms with Crippen LogP contribution in [0.25, 0.3) is 0 Å². The van der Waals surface area contributed by atoms with E-state index in [4.69, 9.17) is 10.5 Å². The number of rotatable bonds is 13. The average Bonchev–Trinajstić information content (AvgIpc) is 2.91. The fourth-order valence-corrected chi connectivity index (χ4v) is 4.21. The number of benzene rings is 2. The van der Waals surface area contributed by atoms with Crippen molar-refractivity contribution in [2.75, 3.05) is 39.3 Å². The molecule has 0 bridgehead atoms. The van der Waals surface area contributed by atoms with Gasteiger partial charge in [-0.1, -0.05) is 49.4 Å². The highest BCUT2D eigenvalue weighted by atomic mass is 16.5. The van der Waals surface area contributed by atoms with E-state index in [0.717, 1.165) is 16.9 Å². The van der Waals surface area contributed by atoms with Crippen LogP contribution in [0.2, 0.25) is 0 Å². The molecule has 3 rings (SSSR count). The number of amides is 3. The van der Waals surface area contributed by atoms with E-state index < -0.39 is 17.9 Å². The van der Waals surface area contributed by atoms with Crippen molar-refractivity contribution in [2.45, 2.75) is 38.8 Å². The summed E-state index contributed by atoms with van der Waals surface area (Å²) in [7, 11) is 0. The third-order valence-electron chi connectivity index (χ3n) is 6.64. The van der Waals surface area contributed by atoms with E-state index in [1.807, 2.05) is 54.6 Å². The van der Waals surface area contributed by atoms with Crippen LogP contribution in [0.1, 0.15) is 30.9 Å². The Morgan fingerprint density at radius 2 is 1.68 bits per heavy atom. The lowest BCUT2D eigenvalue weighted by atomic mass is 10.0. The number of primary amides is 1. The lowest BCUT2D eigenvalue weighted by molar-refractivity contribution is -0.138. The summed E-state index contributed by atoms with van der Waals surface area (Å²) in [5.74, 6) is -0.559. The number of aliphatic hydroxyl groups is 1. The van der Waals surface area contributed by atoms with E-state index in [1.165, 1.54) is 0 Å². The van der Waals surface area contributed by atoms with Gasteiger partial charge in [-0.3, -0.25) is 19.3 Å². The van der Waals surface area contributed by atoms with E-state index in [0.29, 0.717) is 52.2 Å². The minimum atomic E-state index is -0.725. The van der Waals surface area contributed by atoms with Gasteiger partial charge in [0.25, 0.3) is 0 Å². The second-order valence-corrected chi connectivity index (χ2v) is 9.48. The van der Waals surface area contributed by atoms with Gasteiger partial charge in [-0.15, -0.1) is 0 Å². The van der Waals surface area contributed by atoms with Crippen LogP contribution in [0.5, 0.6) is 5.75 Å². The molecule has 2 aromatic rings. The van der Waals surface area contributed by atoms with Gasteiger partial charge in [0.15, 0.2) is 0 Å². The smallest absolute Gasteiger partial charge is 0.245 e. The summed E-state index contributed by atoms with van der Waals surface area (Å²) in [6.07, 6.45) is 0.783. The van der Waals surface area contributed by atoms with Gasteiger partial charge in [0.2, 0.25) is 17.7 Å². The molecule has 0 spiro atoms. The second-order valence-electron chi connectivity index (χ2n) is 9.48. The monoisotopic (exact) mass is 510 g/mol. The number of ether oxygens (including phenoxy) is 1. The van der Waals surface area contributed by atoms with Crippen molar-refractivity contribution in [3.63, 3.8) is 0 Å². The second kappa shape index (κ2) is 14.3. The number of carbonyl (C=O) groups excluding carboxylic acids is 3. The van der Waals surface area contributed by atoms with Gasteiger partial charge in [0, 0.05) is 51.5 Å². The maximum absolute atomic E-state index is 13.4. The summed E-state index contributed by atoms with van der Waals surface area (Å²) in [6, 6.07) is 16.7. The molecule has 2 atom stereocenters. The normalized spacial score (nSPS) is 15.6. The molecule has 1 saturated heterocycles. The minimum Gasteiger partial charge on any atom is -0.489 e. The van der Waals surface area contributed by atoms with Crippen molar-refractivity contribution in [2.24, 2.45) is 11.7 Å². The molecule has 1 fully saturated rings. The highest BCUT2D eigenvalue weighted by Gasteiger charge is 2.29. The van der Waals surface area contributed by atoms with Crippen LogP contribution in [0.15, 0.2) is 54.6 Å². The lowest BCUT2D eigenvalue weighted by Gasteiger charge is -2.36. The first-order chi connectivity index (χ1) is 17.9. The van der Waals surface area contributed by atoms with Crippen LogP contribution < -0.4 is 15.8 Å². The molecule has 2 aromatic carbocycles. The summed E-state index contributed by atoms with van der Waals surface area (Å²) >= 11 is 0. The molecule has 1 aliphatic rings. The Morgan fingerprint density at radius 3 is 2.30 bits per heavy atom. The highest BCUT2D eigenvalue weighted by molar-refractivity contribution is 5.88. The number of nitrogens with zero attached hydrogens (tertiary/aromatic N) is 2. The van der Waals surface area contributed by atoms with E-state index in [9.17, 15) is 19.5 Å². The van der Waals surface area contributed by atoms with Crippen molar-refractivity contribution in [3.05, 3.63) is 65.7 Å². The highest BCUT2D eigenvalue weighted by Crippen LogP contribution is 2.17. The summed E-state index contributed by atoms with van der Waals surface area (Å²) < 4.78 is 5.86. The molecule has 9 nitrogen and oxygen atoms in total. The maximum atomic E-state index is 13.4. The predicted molar refractivity (Wildman–Crippen MR) is 141 cm³/mol. The first kappa shape index (κ1) is 28.1. The van der Waals surface area contributed by atoms with Gasteiger partial charge in [0.1, 0.15) is 18.4 Å². The fourth-order valence-electron chi connectivity index (χ4n) is 4.21. The summed E-state index contributed by atoms with van der Waals surface area (Å²) in [4.78, 5) is 41.3. The Kier molecular flexibility index (Phi) is 10.9. The summed E-state index contributed by atoms with van der Waals surface area (Å²) in [5, 5.41) is 12.1. The van der Waals surface area contributed by atoms with Crippen LogP contribution in [0.3, 0.4) is 0 Å². The van der Waals surface area contributed by atoms with E-state index in [2.05, 4.69) is 10.2 Å². The first-order valence-corrected chi connectivity index (χ1v) is 12.8. The van der Waals surface area contributed by atoms with Gasteiger partial charge in [0.05, 0.1) is 6.61 Å². The number of carbonyl (C=O) groups is 3. The third kappa shape index (κ3) is 9.18. The number of piperazine rings is 1. The molecular formula is C28H38N4O5. The number of aliphatic hydroxyl groups excluding tert-OH is 1. The van der Waals surface area contributed by atoms with Crippen LogP contribution in [0.4, 0.5) is 0 Å². The number of nitrogens with two attached hydrogens (primary N) is 1. The molecule has 4 N–H and O–H groups in total. The number of hydrogen-bond donors (Lipinski definition) is 3. The standard InChI is InChI=1S/C28H38N4O5/c1-21(27(29)35)7-12-26(34)30-25(28(36)32-15-13-31(14-16-32)17-18-33)19-22-8-10-24(11-9-22)37-20-23-5-3-2-4-6-23/h2-6,8-11,21,25,33H,7,12-20H2,1H3,(H2,29,35)(H,30,34). The fraction of sp³-hybridized carbons (Fsp3) is 0.464. The zero-order chi connectivity index (χ0) is 26.6. The summed E-state index contributed by atoms with van der Waals surface area (Å²) in [6.45, 7) is 5.24. The number of nitrogens with one attached hydrogen (secondary N) is 1. The van der Waals surface area contributed by atoms with Crippen molar-refractivity contribution in [1.29, 1.82) is 0 Å². The molecule has 1 aliphatic heterocycles. The van der Waals surface area contributed by atoms with E-state index in [1.54, 1.807) is 11.8 Å². The molecule has 0 radical (unpaired) electrons.